The Morgan fingerprint density at radius 3 is 2.59 bits per heavy atom. The molecule has 0 bridgehead atoms. The van der Waals surface area contributed by atoms with E-state index in [0.29, 0.717) is 17.3 Å². The number of hydrogen-bond donors (Lipinski definition) is 1. The van der Waals surface area contributed by atoms with Crippen molar-refractivity contribution < 1.29 is 22.8 Å². The third-order valence-corrected chi connectivity index (χ3v) is 5.09. The lowest BCUT2D eigenvalue weighted by Crippen LogP contribution is -2.38. The summed E-state index contributed by atoms with van der Waals surface area (Å²) in [5.41, 5.74) is 1.13. The number of likely N-dealkylation sites (N-methyl/N-ethyl adjacent to an activating group) is 1. The number of nitrogens with one attached hydrogen (secondary N) is 1. The van der Waals surface area contributed by atoms with E-state index in [9.17, 15) is 18.4 Å². The molecule has 1 heterocycles. The zero-order chi connectivity index (χ0) is 23.3. The van der Waals surface area contributed by atoms with Gasteiger partial charge in [-0.3, -0.25) is 9.59 Å². The predicted octanol–water partition coefficient (Wildman–Crippen LogP) is 5.00. The average molecular weight is 462 g/mol. The number of carbonyl (C=O) groups is 2. The Balaban J connectivity index is 1.58. The number of hydrogen-bond acceptors (Lipinski definition) is 4. The molecule has 2 aromatic carbocycles. The van der Waals surface area contributed by atoms with Crippen molar-refractivity contribution in [1.29, 1.82) is 0 Å². The van der Waals surface area contributed by atoms with Crippen LogP contribution in [0.4, 0.5) is 14.5 Å². The van der Waals surface area contributed by atoms with E-state index in [0.717, 1.165) is 17.7 Å². The van der Waals surface area contributed by atoms with Gasteiger partial charge in [0.15, 0.2) is 11.7 Å². The second-order valence-electron chi connectivity index (χ2n) is 7.13. The Labute approximate surface area is 189 Å². The number of rotatable bonds is 8. The summed E-state index contributed by atoms with van der Waals surface area (Å²) >= 11 is 5.97. The van der Waals surface area contributed by atoms with Gasteiger partial charge in [-0.2, -0.15) is 0 Å². The minimum absolute atomic E-state index is 0.0248. The number of oxazole rings is 1. The minimum atomic E-state index is -0.762. The standard InChI is InChI=1S/C23H22ClF2N3O3/c1-3-29(13-20(30)28-18-11-15(24)8-7-14(18)2)22(31)10-9-21-27-12-19(32-21)23-16(25)5-4-6-17(23)26/h4-8,11-12H,3,9-10,13H2,1-2H3,(H,28,30). The van der Waals surface area contributed by atoms with Crippen LogP contribution in [0.5, 0.6) is 0 Å². The molecule has 1 N–H and O–H groups in total. The van der Waals surface area contributed by atoms with Gasteiger partial charge >= 0.3 is 0 Å². The predicted molar refractivity (Wildman–Crippen MR) is 117 cm³/mol. The molecule has 32 heavy (non-hydrogen) atoms. The summed E-state index contributed by atoms with van der Waals surface area (Å²) in [6, 6.07) is 8.67. The largest absolute Gasteiger partial charge is 0.441 e. The Hall–Kier alpha value is -3.26. The molecule has 0 saturated carbocycles. The number of anilines is 1. The van der Waals surface area contributed by atoms with Crippen LogP contribution < -0.4 is 5.32 Å². The van der Waals surface area contributed by atoms with E-state index >= 15 is 0 Å². The molecule has 0 fully saturated rings. The van der Waals surface area contributed by atoms with Crippen LogP contribution in [-0.4, -0.2) is 34.8 Å². The molecular weight excluding hydrogens is 440 g/mol. The summed E-state index contributed by atoms with van der Waals surface area (Å²) < 4.78 is 33.2. The second kappa shape index (κ2) is 10.4. The van der Waals surface area contributed by atoms with Crippen molar-refractivity contribution in [2.75, 3.05) is 18.4 Å². The first-order chi connectivity index (χ1) is 15.3. The highest BCUT2D eigenvalue weighted by molar-refractivity contribution is 6.31. The monoisotopic (exact) mass is 461 g/mol. The maximum atomic E-state index is 13.9. The van der Waals surface area contributed by atoms with Gasteiger partial charge in [-0.1, -0.05) is 23.7 Å². The molecule has 1 aromatic heterocycles. The normalized spacial score (nSPS) is 10.8. The van der Waals surface area contributed by atoms with Crippen molar-refractivity contribution in [3.05, 3.63) is 70.7 Å². The quantitative estimate of drug-likeness (QED) is 0.512. The lowest BCUT2D eigenvalue weighted by Gasteiger charge is -2.20. The van der Waals surface area contributed by atoms with E-state index in [1.54, 1.807) is 25.1 Å². The molecule has 3 rings (SSSR count). The Kier molecular flexibility index (Phi) is 7.58. The molecule has 0 radical (unpaired) electrons. The van der Waals surface area contributed by atoms with Crippen LogP contribution in [0.25, 0.3) is 11.3 Å². The first-order valence-corrected chi connectivity index (χ1v) is 10.4. The first kappa shape index (κ1) is 23.4. The summed E-state index contributed by atoms with van der Waals surface area (Å²) in [4.78, 5) is 30.4. The summed E-state index contributed by atoms with van der Waals surface area (Å²) in [5, 5.41) is 3.25. The van der Waals surface area contributed by atoms with Gasteiger partial charge in [0, 0.05) is 30.1 Å². The van der Waals surface area contributed by atoms with Gasteiger partial charge in [0.1, 0.15) is 11.6 Å². The van der Waals surface area contributed by atoms with Gasteiger partial charge < -0.3 is 14.6 Å². The summed E-state index contributed by atoms with van der Waals surface area (Å²) in [7, 11) is 0. The lowest BCUT2D eigenvalue weighted by molar-refractivity contribution is -0.134. The molecule has 0 aliphatic carbocycles. The van der Waals surface area contributed by atoms with Crippen molar-refractivity contribution in [3.63, 3.8) is 0 Å². The van der Waals surface area contributed by atoms with Crippen LogP contribution in [0.15, 0.2) is 47.0 Å². The average Bonchev–Trinajstić information content (AvgIpc) is 3.21. The van der Waals surface area contributed by atoms with Crippen molar-refractivity contribution in [1.82, 2.24) is 9.88 Å². The van der Waals surface area contributed by atoms with E-state index in [4.69, 9.17) is 16.0 Å². The number of aromatic nitrogens is 1. The highest BCUT2D eigenvalue weighted by Crippen LogP contribution is 2.27. The van der Waals surface area contributed by atoms with Crippen LogP contribution >= 0.6 is 11.6 Å². The topological polar surface area (TPSA) is 75.4 Å². The van der Waals surface area contributed by atoms with E-state index in [2.05, 4.69) is 10.3 Å². The Morgan fingerprint density at radius 2 is 1.91 bits per heavy atom. The van der Waals surface area contributed by atoms with E-state index < -0.39 is 11.6 Å². The zero-order valence-corrected chi connectivity index (χ0v) is 18.4. The summed E-state index contributed by atoms with van der Waals surface area (Å²) in [6.45, 7) is 3.81. The lowest BCUT2D eigenvalue weighted by atomic mass is 10.1. The molecule has 168 valence electrons. The highest BCUT2D eigenvalue weighted by atomic mass is 35.5. The number of carbonyl (C=O) groups excluding carboxylic acids is 2. The van der Waals surface area contributed by atoms with Crippen molar-refractivity contribution in [3.8, 4) is 11.3 Å². The molecule has 0 aliphatic heterocycles. The maximum absolute atomic E-state index is 13.9. The number of nitrogens with zero attached hydrogens (tertiary/aromatic N) is 2. The number of amides is 2. The molecule has 9 heteroatoms. The Bertz CT molecular complexity index is 1110. The molecule has 0 saturated heterocycles. The molecule has 0 spiro atoms. The van der Waals surface area contributed by atoms with E-state index in [1.165, 1.54) is 17.2 Å². The fraction of sp³-hybridized carbons (Fsp3) is 0.261. The SMILES string of the molecule is CCN(CC(=O)Nc1cc(Cl)ccc1C)C(=O)CCc1ncc(-c2c(F)cccc2F)o1. The molecular formula is C23H22ClF2N3O3. The van der Waals surface area contributed by atoms with Crippen LogP contribution in [0.1, 0.15) is 24.8 Å². The third kappa shape index (κ3) is 5.70. The van der Waals surface area contributed by atoms with E-state index in [-0.39, 0.29) is 48.4 Å². The molecule has 3 aromatic rings. The number of halogens is 3. The molecule has 2 amide bonds. The number of benzene rings is 2. The van der Waals surface area contributed by atoms with Gasteiger partial charge in [0.25, 0.3) is 0 Å². The van der Waals surface area contributed by atoms with Crippen molar-refractivity contribution >= 4 is 29.1 Å². The van der Waals surface area contributed by atoms with Gasteiger partial charge in [-0.15, -0.1) is 0 Å². The van der Waals surface area contributed by atoms with Gasteiger partial charge in [0.2, 0.25) is 11.8 Å². The molecule has 0 atom stereocenters. The highest BCUT2D eigenvalue weighted by Gasteiger charge is 2.19. The zero-order valence-electron chi connectivity index (χ0n) is 17.6. The van der Waals surface area contributed by atoms with Crippen LogP contribution in [0.2, 0.25) is 5.02 Å². The second-order valence-corrected chi connectivity index (χ2v) is 7.57. The van der Waals surface area contributed by atoms with Crippen molar-refractivity contribution in [2.24, 2.45) is 0 Å². The van der Waals surface area contributed by atoms with Crippen LogP contribution in [0.3, 0.4) is 0 Å². The van der Waals surface area contributed by atoms with Crippen LogP contribution in [0, 0.1) is 18.6 Å². The Morgan fingerprint density at radius 1 is 1.19 bits per heavy atom. The maximum Gasteiger partial charge on any atom is 0.244 e. The first-order valence-electron chi connectivity index (χ1n) is 10.0. The van der Waals surface area contributed by atoms with Gasteiger partial charge in [0.05, 0.1) is 18.3 Å². The van der Waals surface area contributed by atoms with Crippen molar-refractivity contribution in [2.45, 2.75) is 26.7 Å². The number of aryl methyl sites for hydroxylation is 2. The summed E-state index contributed by atoms with van der Waals surface area (Å²) in [6.07, 6.45) is 1.37. The fourth-order valence-electron chi connectivity index (χ4n) is 3.11. The van der Waals surface area contributed by atoms with Crippen LogP contribution in [-0.2, 0) is 16.0 Å². The minimum Gasteiger partial charge on any atom is -0.441 e. The molecule has 0 unspecified atom stereocenters. The smallest absolute Gasteiger partial charge is 0.244 e. The third-order valence-electron chi connectivity index (χ3n) is 4.86. The molecule has 0 aliphatic rings. The fourth-order valence-corrected chi connectivity index (χ4v) is 3.29. The van der Waals surface area contributed by atoms with Gasteiger partial charge in [-0.25, -0.2) is 13.8 Å². The van der Waals surface area contributed by atoms with E-state index in [1.807, 2.05) is 6.92 Å². The van der Waals surface area contributed by atoms with Gasteiger partial charge in [-0.05, 0) is 43.7 Å². The summed E-state index contributed by atoms with van der Waals surface area (Å²) in [5.74, 6) is -2.03. The molecule has 6 nitrogen and oxygen atoms in total.